The maximum Gasteiger partial charge on any atom is 0.159 e. The minimum Gasteiger partial charge on any atom is -0.396 e. The SMILES string of the molecule is CC(c1ccc2cccnc2n1)N1CCN(C2=CC(CCCCO)N=C2)CC1. The van der Waals surface area contributed by atoms with Crippen LogP contribution >= 0.6 is 0 Å². The lowest BCUT2D eigenvalue weighted by Crippen LogP contribution is -2.46. The molecule has 2 aromatic heterocycles. The normalized spacial score (nSPS) is 21.3. The van der Waals surface area contributed by atoms with Crippen molar-refractivity contribution in [2.45, 2.75) is 38.3 Å². The Bertz CT molecular complexity index is 857. The summed E-state index contributed by atoms with van der Waals surface area (Å²) in [7, 11) is 0. The van der Waals surface area contributed by atoms with E-state index in [0.29, 0.717) is 0 Å². The van der Waals surface area contributed by atoms with Crippen molar-refractivity contribution >= 4 is 17.2 Å². The summed E-state index contributed by atoms with van der Waals surface area (Å²) in [5.41, 5.74) is 3.17. The zero-order chi connectivity index (χ0) is 19.3. The van der Waals surface area contributed by atoms with Gasteiger partial charge in [0, 0.05) is 56.6 Å². The predicted molar refractivity (Wildman–Crippen MR) is 112 cm³/mol. The van der Waals surface area contributed by atoms with E-state index >= 15 is 0 Å². The van der Waals surface area contributed by atoms with Crippen molar-refractivity contribution in [2.75, 3.05) is 32.8 Å². The number of fused-ring (bicyclic) bond motifs is 1. The molecule has 2 aliphatic rings. The molecule has 28 heavy (non-hydrogen) atoms. The summed E-state index contributed by atoms with van der Waals surface area (Å²) < 4.78 is 0. The van der Waals surface area contributed by atoms with Crippen molar-refractivity contribution in [1.82, 2.24) is 19.8 Å². The Kier molecular flexibility index (Phi) is 5.98. The number of unbranched alkanes of at least 4 members (excludes halogenated alkanes) is 1. The Morgan fingerprint density at radius 3 is 2.82 bits per heavy atom. The fourth-order valence-corrected chi connectivity index (χ4v) is 4.02. The highest BCUT2D eigenvalue weighted by atomic mass is 16.2. The van der Waals surface area contributed by atoms with E-state index in [1.807, 2.05) is 12.3 Å². The third-order valence-electron chi connectivity index (χ3n) is 5.81. The minimum atomic E-state index is 0.273. The Hall–Kier alpha value is -2.31. The Labute approximate surface area is 166 Å². The molecule has 0 amide bonds. The van der Waals surface area contributed by atoms with Crippen LogP contribution < -0.4 is 0 Å². The standard InChI is InChI=1S/C22H29N5O/c1-17(21-8-7-18-5-4-9-23-22(18)25-21)26-10-12-27(13-11-26)20-15-19(24-16-20)6-2-3-14-28/h4-5,7-9,15-17,19,28H,2-3,6,10-14H2,1H3. The molecule has 2 aromatic rings. The van der Waals surface area contributed by atoms with Gasteiger partial charge < -0.3 is 10.0 Å². The molecule has 2 atom stereocenters. The molecule has 6 nitrogen and oxygen atoms in total. The maximum atomic E-state index is 8.93. The Morgan fingerprint density at radius 2 is 2.00 bits per heavy atom. The number of aromatic nitrogens is 2. The molecule has 6 heteroatoms. The fourth-order valence-electron chi connectivity index (χ4n) is 4.02. The van der Waals surface area contributed by atoms with Crippen LogP contribution in [0.3, 0.4) is 0 Å². The molecule has 0 aromatic carbocycles. The van der Waals surface area contributed by atoms with Crippen molar-refractivity contribution in [1.29, 1.82) is 0 Å². The Morgan fingerprint density at radius 1 is 1.14 bits per heavy atom. The second-order valence-electron chi connectivity index (χ2n) is 7.64. The number of aliphatic hydroxyl groups is 1. The Balaban J connectivity index is 1.33. The first-order valence-corrected chi connectivity index (χ1v) is 10.3. The topological polar surface area (TPSA) is 64.9 Å². The minimum absolute atomic E-state index is 0.273. The van der Waals surface area contributed by atoms with Crippen LogP contribution in [0, 0.1) is 0 Å². The molecular weight excluding hydrogens is 350 g/mol. The monoisotopic (exact) mass is 379 g/mol. The first-order valence-electron chi connectivity index (χ1n) is 10.3. The summed E-state index contributed by atoms with van der Waals surface area (Å²) in [5.74, 6) is 0. The van der Waals surface area contributed by atoms with Crippen molar-refractivity contribution in [3.8, 4) is 0 Å². The van der Waals surface area contributed by atoms with Crippen LogP contribution in [0.15, 0.2) is 47.2 Å². The highest BCUT2D eigenvalue weighted by molar-refractivity contribution is 5.80. The van der Waals surface area contributed by atoms with Crippen LogP contribution in [-0.2, 0) is 0 Å². The molecule has 1 saturated heterocycles. The predicted octanol–water partition coefficient (Wildman–Crippen LogP) is 2.81. The summed E-state index contributed by atoms with van der Waals surface area (Å²) >= 11 is 0. The van der Waals surface area contributed by atoms with E-state index in [1.54, 1.807) is 6.20 Å². The molecule has 4 heterocycles. The van der Waals surface area contributed by atoms with Crippen LogP contribution in [0.1, 0.15) is 37.9 Å². The van der Waals surface area contributed by atoms with E-state index in [9.17, 15) is 0 Å². The van der Waals surface area contributed by atoms with Gasteiger partial charge in [0.2, 0.25) is 0 Å². The lowest BCUT2D eigenvalue weighted by atomic mass is 10.1. The summed E-state index contributed by atoms with van der Waals surface area (Å²) in [6.07, 6.45) is 9.04. The van der Waals surface area contributed by atoms with Gasteiger partial charge in [0.25, 0.3) is 0 Å². The molecule has 0 aliphatic carbocycles. The van der Waals surface area contributed by atoms with Crippen LogP contribution in [0.5, 0.6) is 0 Å². The van der Waals surface area contributed by atoms with Crippen molar-refractivity contribution in [2.24, 2.45) is 4.99 Å². The summed E-state index contributed by atoms with van der Waals surface area (Å²) in [5, 5.41) is 10.0. The second kappa shape index (κ2) is 8.80. The van der Waals surface area contributed by atoms with Gasteiger partial charge in [-0.1, -0.05) is 0 Å². The van der Waals surface area contributed by atoms with Crippen LogP contribution in [0.25, 0.3) is 11.0 Å². The lowest BCUT2D eigenvalue weighted by Gasteiger charge is -2.38. The van der Waals surface area contributed by atoms with Crippen molar-refractivity contribution < 1.29 is 5.11 Å². The quantitative estimate of drug-likeness (QED) is 0.750. The van der Waals surface area contributed by atoms with Gasteiger partial charge in [-0.3, -0.25) is 9.89 Å². The summed E-state index contributed by atoms with van der Waals surface area (Å²) in [6, 6.07) is 8.82. The summed E-state index contributed by atoms with van der Waals surface area (Å²) in [6.45, 7) is 6.57. The molecule has 2 aliphatic heterocycles. The van der Waals surface area contributed by atoms with Gasteiger partial charge in [0.1, 0.15) is 0 Å². The number of aliphatic hydroxyl groups excluding tert-OH is 1. The third-order valence-corrected chi connectivity index (χ3v) is 5.81. The fraction of sp³-hybridized carbons (Fsp3) is 0.500. The molecule has 0 spiro atoms. The molecule has 1 fully saturated rings. The summed E-state index contributed by atoms with van der Waals surface area (Å²) in [4.78, 5) is 18.7. The zero-order valence-corrected chi connectivity index (χ0v) is 16.5. The molecule has 148 valence electrons. The number of hydrogen-bond donors (Lipinski definition) is 1. The van der Waals surface area contributed by atoms with Crippen molar-refractivity contribution in [3.63, 3.8) is 0 Å². The number of pyridine rings is 2. The zero-order valence-electron chi connectivity index (χ0n) is 16.5. The molecule has 0 saturated carbocycles. The van der Waals surface area contributed by atoms with E-state index in [2.05, 4.69) is 51.0 Å². The van der Waals surface area contributed by atoms with Gasteiger partial charge in [0.05, 0.1) is 17.4 Å². The second-order valence-corrected chi connectivity index (χ2v) is 7.64. The first-order chi connectivity index (χ1) is 13.7. The van der Waals surface area contributed by atoms with Crippen LogP contribution in [0.4, 0.5) is 0 Å². The molecule has 4 rings (SSSR count). The number of aliphatic imine (C=N–C) groups is 1. The van der Waals surface area contributed by atoms with E-state index in [1.165, 1.54) is 5.70 Å². The third kappa shape index (κ3) is 4.23. The number of nitrogens with zero attached hydrogens (tertiary/aromatic N) is 5. The van der Waals surface area contributed by atoms with Crippen molar-refractivity contribution in [3.05, 3.63) is 47.9 Å². The van der Waals surface area contributed by atoms with E-state index in [4.69, 9.17) is 10.1 Å². The van der Waals surface area contributed by atoms with Gasteiger partial charge in [-0.15, -0.1) is 0 Å². The first kappa shape index (κ1) is 19.0. The largest absolute Gasteiger partial charge is 0.396 e. The van der Waals surface area contributed by atoms with Crippen LogP contribution in [0.2, 0.25) is 0 Å². The molecule has 1 N–H and O–H groups in total. The molecule has 0 bridgehead atoms. The van der Waals surface area contributed by atoms with Gasteiger partial charge >= 0.3 is 0 Å². The number of piperazine rings is 1. The molecule has 0 radical (unpaired) electrons. The van der Waals surface area contributed by atoms with E-state index in [0.717, 1.165) is 62.2 Å². The highest BCUT2D eigenvalue weighted by Gasteiger charge is 2.25. The number of rotatable bonds is 7. The maximum absolute atomic E-state index is 8.93. The molecular formula is C22H29N5O. The average Bonchev–Trinajstić information content (AvgIpc) is 3.22. The highest BCUT2D eigenvalue weighted by Crippen LogP contribution is 2.24. The van der Waals surface area contributed by atoms with Crippen LogP contribution in [-0.4, -0.2) is 69.9 Å². The molecule has 2 unspecified atom stereocenters. The number of allylic oxidation sites excluding steroid dienone is 1. The van der Waals surface area contributed by atoms with E-state index < -0.39 is 0 Å². The van der Waals surface area contributed by atoms with Gasteiger partial charge in [-0.25, -0.2) is 9.97 Å². The van der Waals surface area contributed by atoms with E-state index in [-0.39, 0.29) is 18.7 Å². The number of hydrogen-bond acceptors (Lipinski definition) is 6. The van der Waals surface area contributed by atoms with Gasteiger partial charge in [0.15, 0.2) is 5.65 Å². The average molecular weight is 380 g/mol. The van der Waals surface area contributed by atoms with Gasteiger partial charge in [-0.05, 0) is 56.5 Å². The smallest absolute Gasteiger partial charge is 0.159 e. The van der Waals surface area contributed by atoms with Gasteiger partial charge in [-0.2, -0.15) is 0 Å². The lowest BCUT2D eigenvalue weighted by molar-refractivity contribution is 0.125.